The normalized spacial score (nSPS) is 19.1. The predicted octanol–water partition coefficient (Wildman–Crippen LogP) is 1.38. The average Bonchev–Trinajstić information content (AvgIpc) is 3.01. The Hall–Kier alpha value is -1.60. The first-order valence-electron chi connectivity index (χ1n) is 8.42. The maximum atomic E-state index is 11.9. The molecular weight excluding hydrogens is 324 g/mol. The van der Waals surface area contributed by atoms with Crippen molar-refractivity contribution in [2.24, 2.45) is 4.99 Å². The number of hydrogen-bond acceptors (Lipinski definition) is 3. The zero-order valence-corrected chi connectivity index (χ0v) is 15.5. The fourth-order valence-corrected chi connectivity index (χ4v) is 4.20. The first kappa shape index (κ1) is 18.7. The van der Waals surface area contributed by atoms with E-state index < -0.39 is 10.0 Å². The van der Waals surface area contributed by atoms with Gasteiger partial charge in [0.1, 0.15) is 0 Å². The van der Waals surface area contributed by atoms with Crippen molar-refractivity contribution in [1.82, 2.24) is 14.9 Å². The first-order chi connectivity index (χ1) is 11.4. The second kappa shape index (κ2) is 8.48. The van der Waals surface area contributed by atoms with Crippen LogP contribution in [-0.4, -0.2) is 57.8 Å². The Labute approximate surface area is 145 Å². The summed E-state index contributed by atoms with van der Waals surface area (Å²) in [6, 6.07) is 10.4. The molecule has 1 atom stereocenters. The largest absolute Gasteiger partial charge is 0.355 e. The molecule has 0 amide bonds. The van der Waals surface area contributed by atoms with Crippen molar-refractivity contribution in [2.75, 3.05) is 32.4 Å². The quantitative estimate of drug-likeness (QED) is 0.599. The van der Waals surface area contributed by atoms with Crippen LogP contribution in [0.15, 0.2) is 35.3 Å². The van der Waals surface area contributed by atoms with Gasteiger partial charge in [-0.3, -0.25) is 4.99 Å². The lowest BCUT2D eigenvalue weighted by atomic mass is 9.99. The molecule has 1 aliphatic rings. The van der Waals surface area contributed by atoms with Crippen molar-refractivity contribution >= 4 is 16.0 Å². The molecular formula is C17H28N4O2S. The molecule has 7 heteroatoms. The van der Waals surface area contributed by atoms with Gasteiger partial charge in [0.05, 0.1) is 5.75 Å². The second-order valence-corrected chi connectivity index (χ2v) is 8.28. The van der Waals surface area contributed by atoms with Crippen LogP contribution in [0.25, 0.3) is 0 Å². The van der Waals surface area contributed by atoms with E-state index in [9.17, 15) is 8.42 Å². The number of benzene rings is 1. The van der Waals surface area contributed by atoms with Crippen LogP contribution in [0, 0.1) is 0 Å². The van der Waals surface area contributed by atoms with Gasteiger partial charge in [-0.1, -0.05) is 30.3 Å². The van der Waals surface area contributed by atoms with E-state index in [1.165, 1.54) is 5.56 Å². The lowest BCUT2D eigenvalue weighted by Gasteiger charge is -2.22. The zero-order valence-electron chi connectivity index (χ0n) is 14.7. The Morgan fingerprint density at radius 1 is 1.33 bits per heavy atom. The molecule has 2 rings (SSSR count). The molecule has 1 aromatic rings. The van der Waals surface area contributed by atoms with E-state index in [-0.39, 0.29) is 11.8 Å². The Balaban J connectivity index is 1.85. The molecule has 1 fully saturated rings. The lowest BCUT2D eigenvalue weighted by molar-refractivity contribution is 0.487. The Morgan fingerprint density at radius 2 is 2.04 bits per heavy atom. The number of nitrogens with one attached hydrogen (secondary N) is 2. The van der Waals surface area contributed by atoms with Crippen LogP contribution in [0.3, 0.4) is 0 Å². The van der Waals surface area contributed by atoms with Gasteiger partial charge in [-0.15, -0.1) is 0 Å². The number of sulfonamides is 1. The van der Waals surface area contributed by atoms with Crippen LogP contribution < -0.4 is 10.0 Å². The topological polar surface area (TPSA) is 73.8 Å². The van der Waals surface area contributed by atoms with Crippen molar-refractivity contribution in [3.05, 3.63) is 35.9 Å². The summed E-state index contributed by atoms with van der Waals surface area (Å²) in [5.74, 6) is 1.31. The maximum absolute atomic E-state index is 11.9. The smallest absolute Gasteiger partial charge is 0.213 e. The molecule has 6 nitrogen and oxygen atoms in total. The van der Waals surface area contributed by atoms with Gasteiger partial charge in [0.15, 0.2) is 5.96 Å². The third kappa shape index (κ3) is 5.49. The Kier molecular flexibility index (Phi) is 6.62. The number of rotatable bonds is 6. The van der Waals surface area contributed by atoms with Gasteiger partial charge in [-0.05, 0) is 25.8 Å². The van der Waals surface area contributed by atoms with E-state index in [4.69, 9.17) is 0 Å². The summed E-state index contributed by atoms with van der Waals surface area (Å²) in [4.78, 5) is 6.49. The third-order valence-corrected chi connectivity index (χ3v) is 5.61. The first-order valence-corrected chi connectivity index (χ1v) is 10.1. The number of nitrogens with zero attached hydrogens (tertiary/aromatic N) is 2. The molecule has 2 N–H and O–H groups in total. The van der Waals surface area contributed by atoms with Gasteiger partial charge < -0.3 is 10.2 Å². The fraction of sp³-hybridized carbons (Fsp3) is 0.588. The molecule has 1 unspecified atom stereocenters. The zero-order chi connectivity index (χ0) is 17.6. The third-order valence-electron chi connectivity index (χ3n) is 4.04. The average molecular weight is 353 g/mol. The summed E-state index contributed by atoms with van der Waals surface area (Å²) in [5.41, 5.74) is 1.35. The lowest BCUT2D eigenvalue weighted by Crippen LogP contribution is -2.43. The molecule has 1 aliphatic heterocycles. The molecule has 134 valence electrons. The minimum Gasteiger partial charge on any atom is -0.355 e. The minimum atomic E-state index is -3.25. The van der Waals surface area contributed by atoms with E-state index in [1.54, 1.807) is 7.05 Å². The fourth-order valence-electron chi connectivity index (χ4n) is 3.00. The number of hydrogen-bond donors (Lipinski definition) is 2. The molecule has 0 aromatic heterocycles. The van der Waals surface area contributed by atoms with Gasteiger partial charge in [0.25, 0.3) is 0 Å². The van der Waals surface area contributed by atoms with Crippen molar-refractivity contribution in [1.29, 1.82) is 0 Å². The Bertz CT molecular complexity index is 644. The van der Waals surface area contributed by atoms with Crippen LogP contribution in [0.4, 0.5) is 0 Å². The molecule has 1 heterocycles. The second-order valence-electron chi connectivity index (χ2n) is 6.41. The van der Waals surface area contributed by atoms with Gasteiger partial charge in [-0.25, -0.2) is 13.1 Å². The van der Waals surface area contributed by atoms with E-state index in [0.717, 1.165) is 25.5 Å². The molecule has 0 aliphatic carbocycles. The van der Waals surface area contributed by atoms with Crippen molar-refractivity contribution in [2.45, 2.75) is 32.2 Å². The highest BCUT2D eigenvalue weighted by Gasteiger charge is 2.26. The van der Waals surface area contributed by atoms with Gasteiger partial charge in [-0.2, -0.15) is 0 Å². The summed E-state index contributed by atoms with van der Waals surface area (Å²) in [6.07, 6.45) is 1.08. The molecule has 0 radical (unpaired) electrons. The molecule has 0 bridgehead atoms. The van der Waals surface area contributed by atoms with E-state index in [2.05, 4.69) is 44.2 Å². The van der Waals surface area contributed by atoms with Crippen molar-refractivity contribution < 1.29 is 8.42 Å². The highest BCUT2D eigenvalue weighted by molar-refractivity contribution is 7.89. The summed E-state index contributed by atoms with van der Waals surface area (Å²) < 4.78 is 26.3. The molecule has 0 saturated carbocycles. The van der Waals surface area contributed by atoms with Crippen LogP contribution in [0.5, 0.6) is 0 Å². The molecule has 1 aromatic carbocycles. The maximum Gasteiger partial charge on any atom is 0.213 e. The predicted molar refractivity (Wildman–Crippen MR) is 98.8 cm³/mol. The van der Waals surface area contributed by atoms with Crippen LogP contribution in [-0.2, 0) is 10.0 Å². The van der Waals surface area contributed by atoms with Crippen LogP contribution in [0.2, 0.25) is 0 Å². The highest BCUT2D eigenvalue weighted by atomic mass is 32.2. The van der Waals surface area contributed by atoms with E-state index in [1.807, 2.05) is 19.9 Å². The molecule has 24 heavy (non-hydrogen) atoms. The van der Waals surface area contributed by atoms with Crippen LogP contribution in [0.1, 0.15) is 31.7 Å². The number of likely N-dealkylation sites (tertiary alicyclic amines) is 1. The summed E-state index contributed by atoms with van der Waals surface area (Å²) >= 11 is 0. The van der Waals surface area contributed by atoms with E-state index in [0.29, 0.717) is 12.5 Å². The van der Waals surface area contributed by atoms with Gasteiger partial charge >= 0.3 is 0 Å². The number of guanidine groups is 1. The molecule has 0 spiro atoms. The van der Waals surface area contributed by atoms with Crippen molar-refractivity contribution in [3.8, 4) is 0 Å². The Morgan fingerprint density at radius 3 is 2.67 bits per heavy atom. The standard InChI is InChI=1S/C17H28N4O2S/c1-14(2)20-24(22,23)12-10-19-17(18-3)21-11-9-16(13-21)15-7-5-4-6-8-15/h4-8,14,16,20H,9-13H2,1-3H3,(H,18,19). The molecule has 1 saturated heterocycles. The van der Waals surface area contributed by atoms with Crippen molar-refractivity contribution in [3.63, 3.8) is 0 Å². The summed E-state index contributed by atoms with van der Waals surface area (Å²) in [5, 5.41) is 3.17. The van der Waals surface area contributed by atoms with Crippen LogP contribution >= 0.6 is 0 Å². The minimum absolute atomic E-state index is 0.0418. The number of aliphatic imine (C=N–C) groups is 1. The monoisotopic (exact) mass is 352 g/mol. The summed E-state index contributed by atoms with van der Waals surface area (Å²) in [6.45, 7) is 5.81. The highest BCUT2D eigenvalue weighted by Crippen LogP contribution is 2.26. The SMILES string of the molecule is CN=C(NCCS(=O)(=O)NC(C)C)N1CCC(c2ccccc2)C1. The van der Waals surface area contributed by atoms with E-state index >= 15 is 0 Å². The summed E-state index contributed by atoms with van der Waals surface area (Å²) in [7, 11) is -1.51. The van der Waals surface area contributed by atoms with Gasteiger partial charge in [0, 0.05) is 38.6 Å². The van der Waals surface area contributed by atoms with Gasteiger partial charge in [0.2, 0.25) is 10.0 Å².